The third kappa shape index (κ3) is 1.82. The molecule has 2 N–H and O–H groups in total. The van der Waals surface area contributed by atoms with Crippen LogP contribution in [0.3, 0.4) is 0 Å². The van der Waals surface area contributed by atoms with Crippen LogP contribution in [0.2, 0.25) is 0 Å². The molecular formula is C11H10BrNO2. The first-order chi connectivity index (χ1) is 7.24. The number of fused-ring (bicyclic) bond motifs is 1. The number of nitrogens with two attached hydrogens (primary N) is 1. The van der Waals surface area contributed by atoms with E-state index in [-0.39, 0.29) is 5.78 Å². The molecular weight excluding hydrogens is 258 g/mol. The maximum atomic E-state index is 11.6. The molecule has 0 aliphatic rings. The van der Waals surface area contributed by atoms with Gasteiger partial charge in [-0.15, -0.1) is 0 Å². The van der Waals surface area contributed by atoms with E-state index in [1.54, 1.807) is 0 Å². The van der Waals surface area contributed by atoms with Gasteiger partial charge in [-0.2, -0.15) is 0 Å². The Labute approximate surface area is 95.4 Å². The highest BCUT2D eigenvalue weighted by atomic mass is 79.9. The lowest BCUT2D eigenvalue weighted by Crippen LogP contribution is -2.07. The van der Waals surface area contributed by atoms with Gasteiger partial charge in [-0.25, -0.2) is 0 Å². The van der Waals surface area contributed by atoms with Gasteiger partial charge in [0.05, 0.1) is 4.47 Å². The number of carbonyl (C=O) groups excluding carboxylic acids is 1. The van der Waals surface area contributed by atoms with E-state index >= 15 is 0 Å². The molecule has 3 nitrogen and oxygen atoms in total. The van der Waals surface area contributed by atoms with Gasteiger partial charge in [0.15, 0.2) is 11.5 Å². The van der Waals surface area contributed by atoms with E-state index in [0.717, 1.165) is 9.86 Å². The van der Waals surface area contributed by atoms with Crippen molar-refractivity contribution < 1.29 is 9.21 Å². The van der Waals surface area contributed by atoms with Crippen LogP contribution >= 0.6 is 15.9 Å². The average molecular weight is 268 g/mol. The normalized spacial score (nSPS) is 10.8. The summed E-state index contributed by atoms with van der Waals surface area (Å²) in [5, 5.41) is 0.915. The van der Waals surface area contributed by atoms with E-state index in [0.29, 0.717) is 24.3 Å². The van der Waals surface area contributed by atoms with Crippen LogP contribution in [-0.4, -0.2) is 12.3 Å². The molecule has 2 aromatic rings. The van der Waals surface area contributed by atoms with E-state index in [1.807, 2.05) is 24.3 Å². The first-order valence-corrected chi connectivity index (χ1v) is 5.43. The summed E-state index contributed by atoms with van der Waals surface area (Å²) in [6.45, 7) is 0.336. The second-order valence-electron chi connectivity index (χ2n) is 3.20. The molecule has 0 aliphatic heterocycles. The Morgan fingerprint density at radius 3 is 2.80 bits per heavy atom. The highest BCUT2D eigenvalue weighted by Crippen LogP contribution is 2.31. The number of carbonyl (C=O) groups is 1. The molecule has 1 aromatic carbocycles. The maximum absolute atomic E-state index is 11.6. The number of Topliss-reactive ketones (excluding diaryl/α,β-unsaturated/α-hetero) is 1. The Kier molecular flexibility index (Phi) is 2.88. The maximum Gasteiger partial charge on any atom is 0.200 e. The highest BCUT2D eigenvalue weighted by molar-refractivity contribution is 9.10. The van der Waals surface area contributed by atoms with Gasteiger partial charge in [-0.1, -0.05) is 12.1 Å². The van der Waals surface area contributed by atoms with Crippen LogP contribution < -0.4 is 5.73 Å². The van der Waals surface area contributed by atoms with Gasteiger partial charge >= 0.3 is 0 Å². The first kappa shape index (κ1) is 10.4. The minimum Gasteiger partial charge on any atom is -0.452 e. The Hall–Kier alpha value is -1.13. The van der Waals surface area contributed by atoms with E-state index < -0.39 is 0 Å². The summed E-state index contributed by atoms with van der Waals surface area (Å²) in [6, 6.07) is 7.51. The van der Waals surface area contributed by atoms with Crippen molar-refractivity contribution in [3.05, 3.63) is 34.5 Å². The van der Waals surface area contributed by atoms with Gasteiger partial charge in [0.2, 0.25) is 0 Å². The molecule has 15 heavy (non-hydrogen) atoms. The van der Waals surface area contributed by atoms with Crippen LogP contribution in [0, 0.1) is 0 Å². The monoisotopic (exact) mass is 267 g/mol. The van der Waals surface area contributed by atoms with Crippen molar-refractivity contribution in [2.24, 2.45) is 5.73 Å². The summed E-state index contributed by atoms with van der Waals surface area (Å²) in [6.07, 6.45) is 0.304. The molecule has 4 heteroatoms. The first-order valence-electron chi connectivity index (χ1n) is 4.64. The fourth-order valence-electron chi connectivity index (χ4n) is 1.44. The summed E-state index contributed by atoms with van der Waals surface area (Å²) in [5.41, 5.74) is 6.05. The van der Waals surface area contributed by atoms with Gasteiger partial charge in [-0.05, 0) is 34.6 Å². The van der Waals surface area contributed by atoms with Gasteiger partial charge in [0, 0.05) is 11.8 Å². The van der Waals surface area contributed by atoms with E-state index in [9.17, 15) is 4.79 Å². The molecule has 0 atom stereocenters. The number of hydrogen-bond acceptors (Lipinski definition) is 3. The molecule has 0 aliphatic carbocycles. The van der Waals surface area contributed by atoms with Crippen LogP contribution in [0.5, 0.6) is 0 Å². The van der Waals surface area contributed by atoms with Crippen molar-refractivity contribution in [1.29, 1.82) is 0 Å². The van der Waals surface area contributed by atoms with Crippen molar-refractivity contribution in [2.45, 2.75) is 6.42 Å². The molecule has 1 heterocycles. The summed E-state index contributed by atoms with van der Waals surface area (Å²) >= 11 is 3.37. The van der Waals surface area contributed by atoms with Crippen molar-refractivity contribution in [2.75, 3.05) is 6.54 Å². The van der Waals surface area contributed by atoms with Crippen molar-refractivity contribution >= 4 is 32.7 Å². The molecule has 0 radical (unpaired) electrons. The zero-order valence-corrected chi connectivity index (χ0v) is 9.58. The van der Waals surface area contributed by atoms with Crippen molar-refractivity contribution in [1.82, 2.24) is 0 Å². The van der Waals surface area contributed by atoms with Gasteiger partial charge in [-0.3, -0.25) is 4.79 Å². The van der Waals surface area contributed by atoms with Crippen LogP contribution in [0.15, 0.2) is 33.2 Å². The molecule has 0 fully saturated rings. The molecule has 0 spiro atoms. The SMILES string of the molecule is NCCC(=O)c1oc2ccccc2c1Br. The number of rotatable bonds is 3. The number of halogens is 1. The second-order valence-corrected chi connectivity index (χ2v) is 4.00. The zero-order chi connectivity index (χ0) is 10.8. The smallest absolute Gasteiger partial charge is 0.200 e. The van der Waals surface area contributed by atoms with Gasteiger partial charge in [0.25, 0.3) is 0 Å². The average Bonchev–Trinajstić information content (AvgIpc) is 2.57. The molecule has 0 unspecified atom stereocenters. The van der Waals surface area contributed by atoms with Crippen LogP contribution in [-0.2, 0) is 0 Å². The van der Waals surface area contributed by atoms with Gasteiger partial charge < -0.3 is 10.2 Å². The van der Waals surface area contributed by atoms with E-state index in [4.69, 9.17) is 10.2 Å². The van der Waals surface area contributed by atoms with Gasteiger partial charge in [0.1, 0.15) is 5.58 Å². The van der Waals surface area contributed by atoms with E-state index in [1.165, 1.54) is 0 Å². The Bertz CT molecular complexity index is 504. The predicted molar refractivity (Wildman–Crippen MR) is 61.9 cm³/mol. The summed E-state index contributed by atoms with van der Waals surface area (Å²) < 4.78 is 6.18. The quantitative estimate of drug-likeness (QED) is 0.871. The Morgan fingerprint density at radius 1 is 1.40 bits per heavy atom. The van der Waals surface area contributed by atoms with Crippen LogP contribution in [0.4, 0.5) is 0 Å². The standard InChI is InChI=1S/C11H10BrNO2/c12-10-7-3-1-2-4-9(7)15-11(10)8(14)5-6-13/h1-4H,5-6,13H2. The third-order valence-corrected chi connectivity index (χ3v) is 2.95. The highest BCUT2D eigenvalue weighted by Gasteiger charge is 2.17. The zero-order valence-electron chi connectivity index (χ0n) is 8.00. The minimum absolute atomic E-state index is 0.0689. The lowest BCUT2D eigenvalue weighted by Gasteiger charge is -1.93. The molecule has 0 saturated heterocycles. The lowest BCUT2D eigenvalue weighted by atomic mass is 10.2. The van der Waals surface area contributed by atoms with Crippen LogP contribution in [0.1, 0.15) is 17.0 Å². The fraction of sp³-hybridized carbons (Fsp3) is 0.182. The summed E-state index contributed by atoms with van der Waals surface area (Å²) in [7, 11) is 0. The molecule has 0 saturated carbocycles. The van der Waals surface area contributed by atoms with Crippen molar-refractivity contribution in [3.8, 4) is 0 Å². The van der Waals surface area contributed by atoms with Crippen molar-refractivity contribution in [3.63, 3.8) is 0 Å². The fourth-order valence-corrected chi connectivity index (χ4v) is 2.07. The minimum atomic E-state index is -0.0689. The molecule has 78 valence electrons. The molecule has 2 rings (SSSR count). The summed E-state index contributed by atoms with van der Waals surface area (Å²) in [4.78, 5) is 11.6. The number of hydrogen-bond donors (Lipinski definition) is 1. The Morgan fingerprint density at radius 2 is 2.13 bits per heavy atom. The number of para-hydroxylation sites is 1. The second kappa shape index (κ2) is 4.16. The third-order valence-electron chi connectivity index (χ3n) is 2.16. The predicted octanol–water partition coefficient (Wildman–Crippen LogP) is 2.73. The Balaban J connectivity index is 2.53. The lowest BCUT2D eigenvalue weighted by molar-refractivity contribution is 0.0960. The molecule has 0 amide bonds. The number of furan rings is 1. The van der Waals surface area contributed by atoms with Crippen LogP contribution in [0.25, 0.3) is 11.0 Å². The van der Waals surface area contributed by atoms with E-state index in [2.05, 4.69) is 15.9 Å². The molecule has 1 aromatic heterocycles. The number of benzene rings is 1. The molecule has 0 bridgehead atoms. The largest absolute Gasteiger partial charge is 0.452 e. The topological polar surface area (TPSA) is 56.2 Å². The summed E-state index contributed by atoms with van der Waals surface area (Å²) in [5.74, 6) is 0.294. The number of ketones is 1.